The molecule has 29 heavy (non-hydrogen) atoms. The first-order valence-corrected chi connectivity index (χ1v) is 8.63. The van der Waals surface area contributed by atoms with Gasteiger partial charge in [0.05, 0.1) is 5.69 Å². The first-order chi connectivity index (χ1) is 14.1. The van der Waals surface area contributed by atoms with Gasteiger partial charge in [0.15, 0.2) is 0 Å². The summed E-state index contributed by atoms with van der Waals surface area (Å²) in [5.41, 5.74) is 2.83. The van der Waals surface area contributed by atoms with E-state index in [1.54, 1.807) is 48.9 Å². The van der Waals surface area contributed by atoms with Crippen molar-refractivity contribution in [2.75, 3.05) is 0 Å². The van der Waals surface area contributed by atoms with E-state index in [4.69, 9.17) is 20.0 Å². The van der Waals surface area contributed by atoms with Gasteiger partial charge in [-0.3, -0.25) is 0 Å². The highest BCUT2D eigenvalue weighted by Crippen LogP contribution is 2.40. The lowest BCUT2D eigenvalue weighted by Crippen LogP contribution is -2.25. The maximum absolute atomic E-state index is 10.5. The van der Waals surface area contributed by atoms with Crippen molar-refractivity contribution < 1.29 is 14.3 Å². The molecule has 0 saturated carbocycles. The van der Waals surface area contributed by atoms with Crippen LogP contribution < -0.4 is 9.47 Å². The molecular weight excluding hydrogens is 366 g/mol. The van der Waals surface area contributed by atoms with Crippen molar-refractivity contribution in [3.05, 3.63) is 89.5 Å². The van der Waals surface area contributed by atoms with Crippen molar-refractivity contribution in [3.63, 3.8) is 0 Å². The van der Waals surface area contributed by atoms with E-state index in [-0.39, 0.29) is 0 Å². The van der Waals surface area contributed by atoms with Gasteiger partial charge < -0.3 is 9.47 Å². The summed E-state index contributed by atoms with van der Waals surface area (Å²) >= 11 is 0. The molecule has 3 aromatic carbocycles. The third-order valence-corrected chi connectivity index (χ3v) is 4.81. The zero-order valence-corrected chi connectivity index (χ0v) is 15.5. The molecule has 0 spiro atoms. The van der Waals surface area contributed by atoms with Gasteiger partial charge in [0, 0.05) is 5.41 Å². The Balaban J connectivity index is 2.13. The molecule has 0 fully saturated rings. The normalized spacial score (nSPS) is 10.2. The molecule has 0 N–H and O–H groups in total. The maximum Gasteiger partial charge on any atom is 0.292 e. The number of ether oxygens (including phenoxy) is 2. The van der Waals surface area contributed by atoms with Gasteiger partial charge in [-0.25, -0.2) is 4.79 Å². The summed E-state index contributed by atoms with van der Waals surface area (Å²) in [5.74, 6) is 0.902. The van der Waals surface area contributed by atoms with Crippen LogP contribution in [0.25, 0.3) is 0 Å². The Bertz CT molecular complexity index is 1060. The number of carbonyl (C=O) groups excluding carboxylic acids is 1. The molecule has 0 unspecified atom stereocenters. The molecule has 6 heteroatoms. The van der Waals surface area contributed by atoms with Gasteiger partial charge in [-0.05, 0) is 60.0 Å². The Morgan fingerprint density at radius 3 is 1.45 bits per heavy atom. The fraction of sp³-hybridized carbons (Fsp3) is 0.0870. The van der Waals surface area contributed by atoms with Crippen molar-refractivity contribution in [1.29, 1.82) is 10.5 Å². The molecule has 0 aliphatic heterocycles. The Hall–Kier alpha value is -4.38. The standard InChI is InChI=1S/C23H15N3O3/c1-23(17-2-8-20(9-3-17)26-16-27,18-4-10-21(11-5-18)28-14-24)19-6-12-22(13-7-19)29-15-25/h2-13H,1H3. The van der Waals surface area contributed by atoms with Crippen molar-refractivity contribution in [2.24, 2.45) is 4.99 Å². The number of hydrogen-bond acceptors (Lipinski definition) is 6. The molecule has 6 nitrogen and oxygen atoms in total. The molecule has 0 radical (unpaired) electrons. The van der Waals surface area contributed by atoms with E-state index in [9.17, 15) is 4.79 Å². The van der Waals surface area contributed by atoms with Crippen LogP contribution in [0, 0.1) is 23.0 Å². The number of benzene rings is 3. The Morgan fingerprint density at radius 1 is 0.724 bits per heavy atom. The highest BCUT2D eigenvalue weighted by molar-refractivity contribution is 5.55. The van der Waals surface area contributed by atoms with Crippen LogP contribution in [0.4, 0.5) is 5.69 Å². The summed E-state index contributed by atoms with van der Waals surface area (Å²) < 4.78 is 9.76. The van der Waals surface area contributed by atoms with Crippen molar-refractivity contribution in [1.82, 2.24) is 0 Å². The van der Waals surface area contributed by atoms with Crippen LogP contribution in [0.3, 0.4) is 0 Å². The molecule has 0 amide bonds. The summed E-state index contributed by atoms with van der Waals surface area (Å²) in [7, 11) is 0. The van der Waals surface area contributed by atoms with E-state index in [1.807, 2.05) is 36.4 Å². The quantitative estimate of drug-likeness (QED) is 0.266. The van der Waals surface area contributed by atoms with Crippen LogP contribution in [0.15, 0.2) is 77.8 Å². The molecule has 3 aromatic rings. The van der Waals surface area contributed by atoms with Gasteiger partial charge in [0.1, 0.15) is 11.5 Å². The Labute approximate surface area is 167 Å². The zero-order valence-electron chi connectivity index (χ0n) is 15.5. The molecule has 0 heterocycles. The van der Waals surface area contributed by atoms with Crippen LogP contribution in [0.2, 0.25) is 0 Å². The van der Waals surface area contributed by atoms with Crippen LogP contribution in [0.5, 0.6) is 11.5 Å². The fourth-order valence-electron chi connectivity index (χ4n) is 3.24. The van der Waals surface area contributed by atoms with Crippen LogP contribution in [-0.4, -0.2) is 6.08 Å². The molecule has 3 rings (SSSR count). The van der Waals surface area contributed by atoms with E-state index in [0.29, 0.717) is 17.2 Å². The zero-order chi connectivity index (χ0) is 20.7. The van der Waals surface area contributed by atoms with Gasteiger partial charge in [0.25, 0.3) is 12.5 Å². The van der Waals surface area contributed by atoms with E-state index >= 15 is 0 Å². The number of isocyanates is 1. The molecule has 0 bridgehead atoms. The summed E-state index contributed by atoms with van der Waals surface area (Å²) in [6, 6.07) is 21.8. The second-order valence-electron chi connectivity index (χ2n) is 6.31. The monoisotopic (exact) mass is 381 g/mol. The molecular formula is C23H15N3O3. The second kappa shape index (κ2) is 8.54. The van der Waals surface area contributed by atoms with Gasteiger partial charge in [-0.1, -0.05) is 36.4 Å². The predicted octanol–water partition coefficient (Wildman–Crippen LogP) is 4.73. The molecule has 0 aromatic heterocycles. The summed E-state index contributed by atoms with van der Waals surface area (Å²) in [6.07, 6.45) is 4.86. The van der Waals surface area contributed by atoms with Gasteiger partial charge in [-0.2, -0.15) is 4.99 Å². The molecule has 0 aliphatic carbocycles. The SMILES string of the molecule is CC(c1ccc(N=C=O)cc1)(c1ccc(OC#N)cc1)c1ccc(OC#N)cc1. The topological polar surface area (TPSA) is 95.5 Å². The van der Waals surface area contributed by atoms with E-state index in [2.05, 4.69) is 11.9 Å². The molecule has 140 valence electrons. The third kappa shape index (κ3) is 3.99. The lowest BCUT2D eigenvalue weighted by atomic mass is 9.71. The van der Waals surface area contributed by atoms with Crippen molar-refractivity contribution >= 4 is 11.8 Å². The number of nitrogens with zero attached hydrogens (tertiary/aromatic N) is 3. The van der Waals surface area contributed by atoms with Gasteiger partial charge in [-0.15, -0.1) is 10.5 Å². The first kappa shape index (κ1) is 19.4. The molecule has 0 saturated heterocycles. The minimum absolute atomic E-state index is 0.451. The first-order valence-electron chi connectivity index (χ1n) is 8.63. The van der Waals surface area contributed by atoms with E-state index < -0.39 is 5.41 Å². The number of rotatable bonds is 6. The van der Waals surface area contributed by atoms with Gasteiger partial charge >= 0.3 is 0 Å². The smallest absolute Gasteiger partial charge is 0.292 e. The van der Waals surface area contributed by atoms with Crippen LogP contribution in [0.1, 0.15) is 23.6 Å². The third-order valence-electron chi connectivity index (χ3n) is 4.81. The van der Waals surface area contributed by atoms with Crippen molar-refractivity contribution in [2.45, 2.75) is 12.3 Å². The second-order valence-corrected chi connectivity index (χ2v) is 6.31. The van der Waals surface area contributed by atoms with Crippen LogP contribution >= 0.6 is 0 Å². The highest BCUT2D eigenvalue weighted by Gasteiger charge is 2.31. The molecule has 0 aliphatic rings. The lowest BCUT2D eigenvalue weighted by molar-refractivity contribution is 0.506. The minimum Gasteiger partial charge on any atom is -0.388 e. The van der Waals surface area contributed by atoms with E-state index in [1.165, 1.54) is 6.08 Å². The summed E-state index contributed by atoms with van der Waals surface area (Å²) in [6.45, 7) is 2.06. The average Bonchev–Trinajstić information content (AvgIpc) is 2.75. The number of hydrogen-bond donors (Lipinski definition) is 0. The fourth-order valence-corrected chi connectivity index (χ4v) is 3.24. The summed E-state index contributed by atoms with van der Waals surface area (Å²) in [4.78, 5) is 14.1. The maximum atomic E-state index is 10.5. The predicted molar refractivity (Wildman–Crippen MR) is 105 cm³/mol. The lowest BCUT2D eigenvalue weighted by Gasteiger charge is -2.32. The minimum atomic E-state index is -0.570. The highest BCUT2D eigenvalue weighted by atomic mass is 16.5. The number of nitriles is 2. The Kier molecular flexibility index (Phi) is 5.71. The van der Waals surface area contributed by atoms with Gasteiger partial charge in [0.2, 0.25) is 6.08 Å². The largest absolute Gasteiger partial charge is 0.388 e. The van der Waals surface area contributed by atoms with Crippen LogP contribution in [-0.2, 0) is 10.2 Å². The van der Waals surface area contributed by atoms with Crippen molar-refractivity contribution in [3.8, 4) is 24.0 Å². The Morgan fingerprint density at radius 2 is 1.10 bits per heavy atom. The van der Waals surface area contributed by atoms with E-state index in [0.717, 1.165) is 16.7 Å². The summed E-state index contributed by atoms with van der Waals surface area (Å²) in [5, 5.41) is 17.4. The average molecular weight is 381 g/mol. The number of aliphatic imine (C=N–C) groups is 1. The molecule has 0 atom stereocenters.